The van der Waals surface area contributed by atoms with Crippen molar-refractivity contribution in [3.05, 3.63) is 29.3 Å². The number of hydrogen-bond acceptors (Lipinski definition) is 5. The standard InChI is InChI=1S/C14H19N5S/c1-10-5-4-6-11(9-15)13(10)20-14-16-17-18-19(14)12-7-2-3-8-12/h4-6,12H,2-3,7-9,15H2,1H3. The van der Waals surface area contributed by atoms with Gasteiger partial charge in [-0.25, -0.2) is 4.68 Å². The second-order valence-corrected chi connectivity index (χ2v) is 6.19. The van der Waals surface area contributed by atoms with Gasteiger partial charge >= 0.3 is 0 Å². The number of tetrazole rings is 1. The summed E-state index contributed by atoms with van der Waals surface area (Å²) in [7, 11) is 0. The minimum Gasteiger partial charge on any atom is -0.326 e. The van der Waals surface area contributed by atoms with Gasteiger partial charge in [-0.1, -0.05) is 31.0 Å². The lowest BCUT2D eigenvalue weighted by Gasteiger charge is -2.13. The maximum atomic E-state index is 5.84. The molecule has 6 heteroatoms. The summed E-state index contributed by atoms with van der Waals surface area (Å²) in [5, 5.41) is 13.1. The van der Waals surface area contributed by atoms with Gasteiger partial charge in [0, 0.05) is 11.4 Å². The SMILES string of the molecule is Cc1cccc(CN)c1Sc1nnnn1C1CCCC1. The zero-order valence-electron chi connectivity index (χ0n) is 11.6. The molecule has 0 radical (unpaired) electrons. The van der Waals surface area contributed by atoms with Gasteiger partial charge in [0.2, 0.25) is 5.16 Å². The first kappa shape index (κ1) is 13.6. The number of aryl methyl sites for hydroxylation is 1. The molecule has 1 aliphatic carbocycles. The fraction of sp³-hybridized carbons (Fsp3) is 0.500. The molecule has 0 saturated heterocycles. The Labute approximate surface area is 122 Å². The van der Waals surface area contributed by atoms with Crippen molar-refractivity contribution in [1.82, 2.24) is 20.2 Å². The Morgan fingerprint density at radius 1 is 1.35 bits per heavy atom. The molecular weight excluding hydrogens is 270 g/mol. The van der Waals surface area contributed by atoms with Gasteiger partial charge in [0.1, 0.15) is 0 Å². The molecule has 1 aromatic carbocycles. The molecule has 0 aliphatic heterocycles. The molecule has 1 aromatic heterocycles. The molecule has 0 spiro atoms. The molecule has 0 amide bonds. The minimum atomic E-state index is 0.456. The summed E-state index contributed by atoms with van der Waals surface area (Å²) in [5.74, 6) is 0. The number of nitrogens with two attached hydrogens (primary N) is 1. The van der Waals surface area contributed by atoms with Crippen LogP contribution in [0.2, 0.25) is 0 Å². The quantitative estimate of drug-likeness (QED) is 0.937. The van der Waals surface area contributed by atoms with Crippen molar-refractivity contribution < 1.29 is 0 Å². The first-order valence-corrected chi connectivity index (χ1v) is 7.85. The third-order valence-electron chi connectivity index (χ3n) is 3.84. The highest BCUT2D eigenvalue weighted by Gasteiger charge is 2.22. The van der Waals surface area contributed by atoms with Crippen LogP contribution in [0.25, 0.3) is 0 Å². The minimum absolute atomic E-state index is 0.456. The van der Waals surface area contributed by atoms with E-state index in [4.69, 9.17) is 5.73 Å². The average molecular weight is 289 g/mol. The molecule has 2 aromatic rings. The van der Waals surface area contributed by atoms with Gasteiger partial charge in [-0.3, -0.25) is 0 Å². The van der Waals surface area contributed by atoms with Crippen molar-refractivity contribution in [2.75, 3.05) is 0 Å². The van der Waals surface area contributed by atoms with Gasteiger partial charge < -0.3 is 5.73 Å². The van der Waals surface area contributed by atoms with Crippen LogP contribution in [0.3, 0.4) is 0 Å². The molecular formula is C14H19N5S. The zero-order valence-corrected chi connectivity index (χ0v) is 12.4. The Balaban J connectivity index is 1.90. The van der Waals surface area contributed by atoms with Crippen LogP contribution in [0.1, 0.15) is 42.9 Å². The largest absolute Gasteiger partial charge is 0.326 e. The van der Waals surface area contributed by atoms with Crippen molar-refractivity contribution in [2.24, 2.45) is 5.73 Å². The molecule has 5 nitrogen and oxygen atoms in total. The second kappa shape index (κ2) is 5.93. The van der Waals surface area contributed by atoms with E-state index < -0.39 is 0 Å². The van der Waals surface area contributed by atoms with Crippen molar-refractivity contribution in [3.8, 4) is 0 Å². The van der Waals surface area contributed by atoms with E-state index in [9.17, 15) is 0 Å². The van der Waals surface area contributed by atoms with E-state index in [2.05, 4.69) is 34.6 Å². The number of aromatic nitrogens is 4. The Morgan fingerprint density at radius 2 is 2.15 bits per heavy atom. The molecule has 3 rings (SSSR count). The Hall–Kier alpha value is -1.40. The van der Waals surface area contributed by atoms with E-state index in [-0.39, 0.29) is 0 Å². The van der Waals surface area contributed by atoms with E-state index in [1.807, 2.05) is 10.7 Å². The number of hydrogen-bond donors (Lipinski definition) is 1. The smallest absolute Gasteiger partial charge is 0.214 e. The van der Waals surface area contributed by atoms with Crippen LogP contribution in [0.5, 0.6) is 0 Å². The summed E-state index contributed by atoms with van der Waals surface area (Å²) in [6.07, 6.45) is 4.90. The molecule has 1 fully saturated rings. The number of rotatable bonds is 4. The van der Waals surface area contributed by atoms with Gasteiger partial charge in [-0.05, 0) is 53.1 Å². The normalized spacial score (nSPS) is 15.9. The number of nitrogens with zero attached hydrogens (tertiary/aromatic N) is 4. The third-order valence-corrected chi connectivity index (χ3v) is 5.08. The zero-order chi connectivity index (χ0) is 13.9. The maximum absolute atomic E-state index is 5.84. The van der Waals surface area contributed by atoms with E-state index in [1.165, 1.54) is 36.1 Å². The molecule has 1 heterocycles. The third kappa shape index (κ3) is 2.58. The lowest BCUT2D eigenvalue weighted by Crippen LogP contribution is -2.08. The van der Waals surface area contributed by atoms with Crippen LogP contribution in [0.15, 0.2) is 28.3 Å². The van der Waals surface area contributed by atoms with Crippen LogP contribution in [0, 0.1) is 6.92 Å². The Bertz CT molecular complexity index is 589. The lowest BCUT2D eigenvalue weighted by atomic mass is 10.1. The van der Waals surface area contributed by atoms with Crippen molar-refractivity contribution in [2.45, 2.75) is 55.2 Å². The Kier molecular flexibility index (Phi) is 4.03. The molecule has 0 bridgehead atoms. The van der Waals surface area contributed by atoms with E-state index in [1.54, 1.807) is 11.8 Å². The van der Waals surface area contributed by atoms with Gasteiger partial charge in [0.15, 0.2) is 0 Å². The predicted octanol–water partition coefficient (Wildman–Crippen LogP) is 2.71. The van der Waals surface area contributed by atoms with Crippen molar-refractivity contribution in [1.29, 1.82) is 0 Å². The molecule has 106 valence electrons. The summed E-state index contributed by atoms with van der Waals surface area (Å²) in [6, 6.07) is 6.67. The van der Waals surface area contributed by atoms with Gasteiger partial charge in [-0.2, -0.15) is 0 Å². The predicted molar refractivity (Wildman–Crippen MR) is 78.5 cm³/mol. The molecule has 2 N–H and O–H groups in total. The molecule has 0 unspecified atom stereocenters. The summed E-state index contributed by atoms with van der Waals surface area (Å²) < 4.78 is 1.99. The summed E-state index contributed by atoms with van der Waals surface area (Å²) >= 11 is 1.63. The lowest BCUT2D eigenvalue weighted by molar-refractivity contribution is 0.423. The van der Waals surface area contributed by atoms with Crippen LogP contribution in [-0.2, 0) is 6.54 Å². The highest BCUT2D eigenvalue weighted by atomic mass is 32.2. The maximum Gasteiger partial charge on any atom is 0.214 e. The summed E-state index contributed by atoms with van der Waals surface area (Å²) in [4.78, 5) is 1.18. The molecule has 0 atom stereocenters. The highest BCUT2D eigenvalue weighted by Crippen LogP contribution is 2.36. The van der Waals surface area contributed by atoms with Gasteiger partial charge in [0.25, 0.3) is 0 Å². The average Bonchev–Trinajstić information content (AvgIpc) is 3.11. The molecule has 1 saturated carbocycles. The van der Waals surface area contributed by atoms with E-state index >= 15 is 0 Å². The molecule has 20 heavy (non-hydrogen) atoms. The van der Waals surface area contributed by atoms with Crippen molar-refractivity contribution >= 4 is 11.8 Å². The van der Waals surface area contributed by atoms with Crippen LogP contribution >= 0.6 is 11.8 Å². The van der Waals surface area contributed by atoms with Gasteiger partial charge in [0.05, 0.1) is 6.04 Å². The van der Waals surface area contributed by atoms with Gasteiger partial charge in [-0.15, -0.1) is 5.10 Å². The first-order valence-electron chi connectivity index (χ1n) is 7.04. The fourth-order valence-electron chi connectivity index (χ4n) is 2.74. The van der Waals surface area contributed by atoms with Crippen molar-refractivity contribution in [3.63, 3.8) is 0 Å². The van der Waals surface area contributed by atoms with E-state index in [0.717, 1.165) is 10.7 Å². The van der Waals surface area contributed by atoms with E-state index in [0.29, 0.717) is 12.6 Å². The summed E-state index contributed by atoms with van der Waals surface area (Å²) in [5.41, 5.74) is 8.21. The van der Waals surface area contributed by atoms with Crippen LogP contribution in [-0.4, -0.2) is 20.2 Å². The van der Waals surface area contributed by atoms with Crippen LogP contribution in [0.4, 0.5) is 0 Å². The fourth-order valence-corrected chi connectivity index (χ4v) is 3.79. The Morgan fingerprint density at radius 3 is 2.90 bits per heavy atom. The second-order valence-electron chi connectivity index (χ2n) is 5.21. The monoisotopic (exact) mass is 289 g/mol. The topological polar surface area (TPSA) is 69.6 Å². The van der Waals surface area contributed by atoms with Crippen LogP contribution < -0.4 is 5.73 Å². The molecule has 1 aliphatic rings. The first-order chi connectivity index (χ1) is 9.79. The summed E-state index contributed by atoms with van der Waals surface area (Å²) in [6.45, 7) is 2.64. The highest BCUT2D eigenvalue weighted by molar-refractivity contribution is 7.99. The number of benzene rings is 1.